The SMILES string of the molecule is CCN(CC)C(C(=O)NCc1ccc(COC(C)C)cc1)c1ccccc1. The zero-order valence-corrected chi connectivity index (χ0v) is 16.9. The van der Waals surface area contributed by atoms with Gasteiger partial charge in [0.25, 0.3) is 0 Å². The predicted octanol–water partition coefficient (Wildman–Crippen LogP) is 4.31. The predicted molar refractivity (Wildman–Crippen MR) is 110 cm³/mol. The van der Waals surface area contributed by atoms with Gasteiger partial charge in [0.1, 0.15) is 6.04 Å². The maximum absolute atomic E-state index is 12.9. The van der Waals surface area contributed by atoms with Crippen molar-refractivity contribution in [1.29, 1.82) is 0 Å². The average Bonchev–Trinajstić information content (AvgIpc) is 2.70. The molecule has 1 amide bonds. The maximum Gasteiger partial charge on any atom is 0.242 e. The van der Waals surface area contributed by atoms with Crippen LogP contribution in [0.5, 0.6) is 0 Å². The zero-order chi connectivity index (χ0) is 19.6. The fourth-order valence-electron chi connectivity index (χ4n) is 3.05. The van der Waals surface area contributed by atoms with Crippen LogP contribution in [0.4, 0.5) is 0 Å². The van der Waals surface area contributed by atoms with Gasteiger partial charge in [-0.15, -0.1) is 0 Å². The molecule has 2 aromatic rings. The van der Waals surface area contributed by atoms with Gasteiger partial charge in [0.2, 0.25) is 5.91 Å². The maximum atomic E-state index is 12.9. The van der Waals surface area contributed by atoms with Gasteiger partial charge in [0.15, 0.2) is 0 Å². The van der Waals surface area contributed by atoms with E-state index in [1.807, 2.05) is 56.3 Å². The Morgan fingerprint density at radius 2 is 1.56 bits per heavy atom. The first-order chi connectivity index (χ1) is 13.0. The van der Waals surface area contributed by atoms with Crippen molar-refractivity contribution in [3.05, 3.63) is 71.3 Å². The first kappa shape index (κ1) is 21.1. The van der Waals surface area contributed by atoms with E-state index in [0.29, 0.717) is 13.2 Å². The van der Waals surface area contributed by atoms with Crippen LogP contribution in [0.1, 0.15) is 50.4 Å². The number of hydrogen-bond donors (Lipinski definition) is 1. The van der Waals surface area contributed by atoms with Crippen LogP contribution in [0.25, 0.3) is 0 Å². The summed E-state index contributed by atoms with van der Waals surface area (Å²) in [7, 11) is 0. The van der Waals surface area contributed by atoms with Gasteiger partial charge in [-0.3, -0.25) is 9.69 Å². The number of ether oxygens (including phenoxy) is 1. The molecule has 0 fully saturated rings. The molecule has 27 heavy (non-hydrogen) atoms. The van der Waals surface area contributed by atoms with Crippen LogP contribution in [0.3, 0.4) is 0 Å². The van der Waals surface area contributed by atoms with E-state index in [1.165, 1.54) is 0 Å². The minimum atomic E-state index is -0.264. The van der Waals surface area contributed by atoms with Crippen LogP contribution in [-0.4, -0.2) is 30.0 Å². The highest BCUT2D eigenvalue weighted by Crippen LogP contribution is 2.20. The lowest BCUT2D eigenvalue weighted by Gasteiger charge is -2.29. The topological polar surface area (TPSA) is 41.6 Å². The summed E-state index contributed by atoms with van der Waals surface area (Å²) in [6.07, 6.45) is 0.221. The summed E-state index contributed by atoms with van der Waals surface area (Å²) in [6.45, 7) is 11.0. The number of amides is 1. The lowest BCUT2D eigenvalue weighted by molar-refractivity contribution is -0.126. The molecule has 1 atom stereocenters. The Labute approximate surface area is 163 Å². The minimum absolute atomic E-state index is 0.0390. The van der Waals surface area contributed by atoms with Crippen molar-refractivity contribution in [2.75, 3.05) is 13.1 Å². The van der Waals surface area contributed by atoms with Gasteiger partial charge in [0, 0.05) is 6.54 Å². The van der Waals surface area contributed by atoms with Crippen molar-refractivity contribution >= 4 is 5.91 Å². The molecule has 0 heterocycles. The van der Waals surface area contributed by atoms with Crippen molar-refractivity contribution in [3.63, 3.8) is 0 Å². The molecule has 0 aliphatic heterocycles. The van der Waals surface area contributed by atoms with Gasteiger partial charge >= 0.3 is 0 Å². The van der Waals surface area contributed by atoms with E-state index in [1.54, 1.807) is 0 Å². The summed E-state index contributed by atoms with van der Waals surface area (Å²) in [4.78, 5) is 15.1. The first-order valence-corrected chi connectivity index (χ1v) is 9.81. The molecule has 1 unspecified atom stereocenters. The summed E-state index contributed by atoms with van der Waals surface area (Å²) >= 11 is 0. The molecule has 0 saturated heterocycles. The number of benzene rings is 2. The van der Waals surface area contributed by atoms with Gasteiger partial charge in [-0.1, -0.05) is 68.4 Å². The van der Waals surface area contributed by atoms with E-state index in [4.69, 9.17) is 4.74 Å². The molecular formula is C23H32N2O2. The highest BCUT2D eigenvalue weighted by molar-refractivity contribution is 5.83. The summed E-state index contributed by atoms with van der Waals surface area (Å²) in [5.41, 5.74) is 3.26. The summed E-state index contributed by atoms with van der Waals surface area (Å²) in [5.74, 6) is 0.0390. The molecule has 1 N–H and O–H groups in total. The Morgan fingerprint density at radius 1 is 0.963 bits per heavy atom. The third kappa shape index (κ3) is 6.49. The third-order valence-corrected chi connectivity index (χ3v) is 4.61. The Kier molecular flexibility index (Phi) is 8.49. The second kappa shape index (κ2) is 10.9. The normalized spacial score (nSPS) is 12.4. The molecule has 2 rings (SSSR count). The first-order valence-electron chi connectivity index (χ1n) is 9.81. The molecule has 0 radical (unpaired) electrons. The Balaban J connectivity index is 2.01. The van der Waals surface area contributed by atoms with Crippen molar-refractivity contribution in [2.24, 2.45) is 0 Å². The number of carbonyl (C=O) groups is 1. The highest BCUT2D eigenvalue weighted by Gasteiger charge is 2.25. The Morgan fingerprint density at radius 3 is 2.11 bits per heavy atom. The van der Waals surface area contributed by atoms with Crippen molar-refractivity contribution in [3.8, 4) is 0 Å². The average molecular weight is 369 g/mol. The fourth-order valence-corrected chi connectivity index (χ4v) is 3.05. The number of nitrogens with one attached hydrogen (secondary N) is 1. The molecule has 146 valence electrons. The second-order valence-electron chi connectivity index (χ2n) is 6.93. The Hall–Kier alpha value is -2.17. The van der Waals surface area contributed by atoms with Crippen molar-refractivity contribution in [2.45, 2.75) is 53.0 Å². The summed E-state index contributed by atoms with van der Waals surface area (Å²) in [5, 5.41) is 3.10. The van der Waals surface area contributed by atoms with Gasteiger partial charge in [-0.05, 0) is 43.6 Å². The number of rotatable bonds is 10. The standard InChI is InChI=1S/C23H32N2O2/c1-5-25(6-2)22(21-10-8-7-9-11-21)23(26)24-16-19-12-14-20(15-13-19)17-27-18(3)4/h7-15,18,22H,5-6,16-17H2,1-4H3,(H,24,26). The summed E-state index contributed by atoms with van der Waals surface area (Å²) < 4.78 is 5.62. The van der Waals surface area contributed by atoms with E-state index in [-0.39, 0.29) is 18.1 Å². The number of nitrogens with zero attached hydrogens (tertiary/aromatic N) is 1. The van der Waals surface area contributed by atoms with Gasteiger partial charge < -0.3 is 10.1 Å². The second-order valence-corrected chi connectivity index (χ2v) is 6.93. The molecule has 4 nitrogen and oxygen atoms in total. The van der Waals surface area contributed by atoms with E-state index >= 15 is 0 Å². The fraction of sp³-hybridized carbons (Fsp3) is 0.435. The van der Waals surface area contributed by atoms with Gasteiger partial charge in [0.05, 0.1) is 12.7 Å². The monoisotopic (exact) mass is 368 g/mol. The quantitative estimate of drug-likeness (QED) is 0.679. The number of hydrogen-bond acceptors (Lipinski definition) is 3. The number of carbonyl (C=O) groups excluding carboxylic acids is 1. The molecule has 0 saturated carbocycles. The van der Waals surface area contributed by atoms with Crippen LogP contribution in [-0.2, 0) is 22.7 Å². The molecular weight excluding hydrogens is 336 g/mol. The van der Waals surface area contributed by atoms with Crippen molar-refractivity contribution in [1.82, 2.24) is 10.2 Å². The van der Waals surface area contributed by atoms with E-state index in [9.17, 15) is 4.79 Å². The van der Waals surface area contributed by atoms with Crippen molar-refractivity contribution < 1.29 is 9.53 Å². The van der Waals surface area contributed by atoms with Crippen LogP contribution in [0, 0.1) is 0 Å². The Bertz CT molecular complexity index is 679. The molecule has 0 aliphatic rings. The van der Waals surface area contributed by atoms with Gasteiger partial charge in [-0.25, -0.2) is 0 Å². The number of likely N-dealkylation sites (N-methyl/N-ethyl adjacent to an activating group) is 1. The van der Waals surface area contributed by atoms with Gasteiger partial charge in [-0.2, -0.15) is 0 Å². The highest BCUT2D eigenvalue weighted by atomic mass is 16.5. The largest absolute Gasteiger partial charge is 0.374 e. The molecule has 0 spiro atoms. The van der Waals surface area contributed by atoms with E-state index in [2.05, 4.69) is 36.2 Å². The van der Waals surface area contributed by atoms with Crippen LogP contribution >= 0.6 is 0 Å². The molecule has 0 aliphatic carbocycles. The zero-order valence-electron chi connectivity index (χ0n) is 16.9. The van der Waals surface area contributed by atoms with Crippen LogP contribution in [0.15, 0.2) is 54.6 Å². The van der Waals surface area contributed by atoms with Crippen LogP contribution in [0.2, 0.25) is 0 Å². The minimum Gasteiger partial charge on any atom is -0.374 e. The molecule has 0 bridgehead atoms. The molecule has 0 aromatic heterocycles. The lowest BCUT2D eigenvalue weighted by atomic mass is 10.0. The smallest absolute Gasteiger partial charge is 0.242 e. The molecule has 4 heteroatoms. The van der Waals surface area contributed by atoms with E-state index < -0.39 is 0 Å². The van der Waals surface area contributed by atoms with Crippen LogP contribution < -0.4 is 5.32 Å². The lowest BCUT2D eigenvalue weighted by Crippen LogP contribution is -2.40. The molecule has 2 aromatic carbocycles. The summed E-state index contributed by atoms with van der Waals surface area (Å²) in [6, 6.07) is 17.9. The third-order valence-electron chi connectivity index (χ3n) is 4.61. The van der Waals surface area contributed by atoms with E-state index in [0.717, 1.165) is 29.8 Å².